The van der Waals surface area contributed by atoms with Crippen LogP contribution < -0.4 is 0 Å². The molecule has 0 spiro atoms. The van der Waals surface area contributed by atoms with Crippen molar-refractivity contribution in [3.05, 3.63) is 0 Å². The van der Waals surface area contributed by atoms with E-state index in [0.29, 0.717) is 5.04 Å². The van der Waals surface area contributed by atoms with Gasteiger partial charge < -0.3 is 0 Å². The fourth-order valence-corrected chi connectivity index (χ4v) is 7.06. The Hall–Kier alpha value is 0.697. The van der Waals surface area contributed by atoms with Crippen molar-refractivity contribution in [2.45, 2.75) is 58.2 Å². The fourth-order valence-electron chi connectivity index (χ4n) is 2.01. The first-order valence-electron chi connectivity index (χ1n) is 4.62. The molecule has 0 fully saturated rings. The monoisotopic (exact) mass is 236 g/mol. The van der Waals surface area contributed by atoms with Gasteiger partial charge in [0.1, 0.15) is 6.69 Å². The summed E-state index contributed by atoms with van der Waals surface area (Å²) in [6.07, 6.45) is 3.97. The van der Waals surface area contributed by atoms with Crippen LogP contribution in [0.25, 0.3) is 0 Å². The van der Waals surface area contributed by atoms with Gasteiger partial charge in [-0.15, -0.1) is 15.3 Å². The summed E-state index contributed by atoms with van der Waals surface area (Å²) in [6.45, 7) is 10.7. The molecule has 0 aliphatic rings. The predicted molar refractivity (Wildman–Crippen MR) is 60.0 cm³/mol. The third kappa shape index (κ3) is 2.31. The van der Waals surface area contributed by atoms with E-state index in [9.17, 15) is 0 Å². The summed E-state index contributed by atoms with van der Waals surface area (Å²) >= 11 is 3.92. The minimum Gasteiger partial charge on any atom is -0.126 e. The smallest absolute Gasteiger partial charge is 0.126 e. The molecule has 0 amide bonds. The van der Waals surface area contributed by atoms with Crippen molar-refractivity contribution < 1.29 is 0 Å². The molecule has 0 atom stereocenters. The Balaban J connectivity index is 4.54. The lowest BCUT2D eigenvalue weighted by atomic mass is 9.99. The Kier molecular flexibility index (Phi) is 4.34. The standard InChI is InChI=1S/C9H21BrSi/c1-6-9(7-2,8-3)11(4,5)10/h6-8H2,1-5H3. The van der Waals surface area contributed by atoms with Gasteiger partial charge in [0.2, 0.25) is 0 Å². The molecular weight excluding hydrogens is 216 g/mol. The largest absolute Gasteiger partial charge is 0.130 e. The lowest BCUT2D eigenvalue weighted by Gasteiger charge is -2.40. The number of hydrogen-bond acceptors (Lipinski definition) is 0. The van der Waals surface area contributed by atoms with Crippen LogP contribution in [0.2, 0.25) is 18.1 Å². The van der Waals surface area contributed by atoms with Crippen LogP contribution >= 0.6 is 15.3 Å². The summed E-state index contributed by atoms with van der Waals surface area (Å²) < 4.78 is 0. The number of rotatable bonds is 4. The van der Waals surface area contributed by atoms with Crippen LogP contribution in [0.1, 0.15) is 40.0 Å². The second-order valence-corrected chi connectivity index (χ2v) is 13.8. The zero-order valence-electron chi connectivity index (χ0n) is 8.50. The van der Waals surface area contributed by atoms with E-state index in [1.807, 2.05) is 0 Å². The van der Waals surface area contributed by atoms with Gasteiger partial charge in [-0.1, -0.05) is 53.1 Å². The molecule has 0 N–H and O–H groups in total. The summed E-state index contributed by atoms with van der Waals surface area (Å²) in [5.41, 5.74) is 0. The molecule has 0 heterocycles. The molecule has 0 aromatic rings. The minimum absolute atomic E-state index is 0.618. The molecule has 0 aromatic heterocycles. The van der Waals surface area contributed by atoms with Gasteiger partial charge in [-0.3, -0.25) is 0 Å². The van der Waals surface area contributed by atoms with E-state index >= 15 is 0 Å². The molecule has 0 saturated carbocycles. The Morgan fingerprint density at radius 3 is 1.27 bits per heavy atom. The average Bonchev–Trinajstić information content (AvgIpc) is 1.90. The first kappa shape index (κ1) is 11.7. The van der Waals surface area contributed by atoms with Gasteiger partial charge in [0.25, 0.3) is 0 Å². The lowest BCUT2D eigenvalue weighted by Crippen LogP contribution is -2.35. The highest BCUT2D eigenvalue weighted by atomic mass is 79.9. The molecule has 0 saturated heterocycles. The summed E-state index contributed by atoms with van der Waals surface area (Å²) in [5, 5.41) is 0.618. The van der Waals surface area contributed by atoms with E-state index in [2.05, 4.69) is 49.2 Å². The molecule has 0 nitrogen and oxygen atoms in total. The van der Waals surface area contributed by atoms with Gasteiger partial charge in [0, 0.05) is 0 Å². The quantitative estimate of drug-likeness (QED) is 0.496. The zero-order valence-corrected chi connectivity index (χ0v) is 11.1. The molecule has 0 aromatic carbocycles. The highest BCUT2D eigenvalue weighted by molar-refractivity contribution is 9.26. The van der Waals surface area contributed by atoms with Crippen molar-refractivity contribution in [3.8, 4) is 0 Å². The van der Waals surface area contributed by atoms with Gasteiger partial charge in [0.15, 0.2) is 0 Å². The summed E-state index contributed by atoms with van der Waals surface area (Å²) in [5.74, 6) is 0. The van der Waals surface area contributed by atoms with Gasteiger partial charge in [-0.25, -0.2) is 0 Å². The molecular formula is C9H21BrSi. The minimum atomic E-state index is -1.12. The van der Waals surface area contributed by atoms with Crippen LogP contribution in [0, 0.1) is 0 Å². The lowest BCUT2D eigenvalue weighted by molar-refractivity contribution is 0.487. The van der Waals surface area contributed by atoms with E-state index in [1.165, 1.54) is 19.3 Å². The van der Waals surface area contributed by atoms with Gasteiger partial charge >= 0.3 is 0 Å². The van der Waals surface area contributed by atoms with Crippen molar-refractivity contribution in [1.29, 1.82) is 0 Å². The molecule has 68 valence electrons. The average molecular weight is 237 g/mol. The van der Waals surface area contributed by atoms with E-state index in [-0.39, 0.29) is 0 Å². The van der Waals surface area contributed by atoms with E-state index in [1.54, 1.807) is 0 Å². The fraction of sp³-hybridized carbons (Fsp3) is 1.00. The number of hydrogen-bond donors (Lipinski definition) is 0. The van der Waals surface area contributed by atoms with Gasteiger partial charge in [-0.2, -0.15) is 0 Å². The van der Waals surface area contributed by atoms with Crippen LogP contribution in [0.15, 0.2) is 0 Å². The van der Waals surface area contributed by atoms with Crippen LogP contribution in [0.3, 0.4) is 0 Å². The van der Waals surface area contributed by atoms with Crippen LogP contribution in [-0.2, 0) is 0 Å². The Bertz CT molecular complexity index is 103. The molecule has 0 unspecified atom stereocenters. The van der Waals surface area contributed by atoms with Crippen LogP contribution in [0.5, 0.6) is 0 Å². The highest BCUT2D eigenvalue weighted by Crippen LogP contribution is 2.50. The van der Waals surface area contributed by atoms with Crippen LogP contribution in [0.4, 0.5) is 0 Å². The van der Waals surface area contributed by atoms with Crippen molar-refractivity contribution in [3.63, 3.8) is 0 Å². The molecule has 0 bridgehead atoms. The normalized spacial score (nSPS) is 13.6. The maximum atomic E-state index is 3.92. The molecule has 11 heavy (non-hydrogen) atoms. The van der Waals surface area contributed by atoms with Crippen molar-refractivity contribution in [2.75, 3.05) is 0 Å². The summed E-state index contributed by atoms with van der Waals surface area (Å²) in [7, 11) is 0. The molecule has 2 heteroatoms. The first-order valence-corrected chi connectivity index (χ1v) is 9.88. The Morgan fingerprint density at radius 1 is 1.00 bits per heavy atom. The topological polar surface area (TPSA) is 0 Å². The van der Waals surface area contributed by atoms with E-state index < -0.39 is 6.69 Å². The second kappa shape index (κ2) is 4.08. The van der Waals surface area contributed by atoms with Crippen molar-refractivity contribution in [2.24, 2.45) is 0 Å². The molecule has 0 aliphatic carbocycles. The van der Waals surface area contributed by atoms with Crippen molar-refractivity contribution >= 4 is 22.0 Å². The molecule has 0 radical (unpaired) electrons. The van der Waals surface area contributed by atoms with E-state index in [0.717, 1.165) is 0 Å². The molecule has 0 aliphatic heterocycles. The molecule has 0 rings (SSSR count). The Morgan fingerprint density at radius 2 is 1.27 bits per heavy atom. The summed E-state index contributed by atoms with van der Waals surface area (Å²) in [4.78, 5) is 0. The number of halogens is 1. The zero-order chi connectivity index (χ0) is 9.12. The third-order valence-electron chi connectivity index (χ3n) is 3.29. The van der Waals surface area contributed by atoms with E-state index in [4.69, 9.17) is 0 Å². The Labute approximate surface area is 80.4 Å². The van der Waals surface area contributed by atoms with Gasteiger partial charge in [-0.05, 0) is 5.04 Å². The predicted octanol–water partition coefficient (Wildman–Crippen LogP) is 4.56. The first-order chi connectivity index (χ1) is 4.93. The van der Waals surface area contributed by atoms with Gasteiger partial charge in [0.05, 0.1) is 0 Å². The maximum Gasteiger partial charge on any atom is 0.130 e. The third-order valence-corrected chi connectivity index (χ3v) is 9.40. The summed E-state index contributed by atoms with van der Waals surface area (Å²) in [6, 6.07) is 0. The van der Waals surface area contributed by atoms with Crippen LogP contribution in [-0.4, -0.2) is 6.69 Å². The highest BCUT2D eigenvalue weighted by Gasteiger charge is 2.40. The maximum absolute atomic E-state index is 3.92. The van der Waals surface area contributed by atoms with Crippen molar-refractivity contribution in [1.82, 2.24) is 0 Å². The second-order valence-electron chi connectivity index (χ2n) is 3.81. The SMILES string of the molecule is CCC(CC)(CC)[Si](C)(C)Br.